The van der Waals surface area contributed by atoms with E-state index in [1.807, 2.05) is 43.6 Å². The zero-order chi connectivity index (χ0) is 22.4. The second kappa shape index (κ2) is 8.07. The van der Waals surface area contributed by atoms with Crippen LogP contribution in [-0.2, 0) is 11.8 Å². The van der Waals surface area contributed by atoms with E-state index in [2.05, 4.69) is 15.1 Å². The van der Waals surface area contributed by atoms with Crippen molar-refractivity contribution >= 4 is 46.0 Å². The van der Waals surface area contributed by atoms with E-state index in [4.69, 9.17) is 22.3 Å². The minimum absolute atomic E-state index is 0.0713. The topological polar surface area (TPSA) is 103 Å². The van der Waals surface area contributed by atoms with E-state index in [1.54, 1.807) is 22.8 Å². The predicted octanol–water partition coefficient (Wildman–Crippen LogP) is 3.65. The number of carbonyl (C=O) groups is 1. The maximum atomic E-state index is 12.0. The third kappa shape index (κ3) is 3.78. The number of nitrogens with two attached hydrogens (primary N) is 1. The molecule has 1 aliphatic rings. The molecule has 5 rings (SSSR count). The fourth-order valence-electron chi connectivity index (χ4n) is 3.78. The summed E-state index contributed by atoms with van der Waals surface area (Å²) in [6.07, 6.45) is 4.01. The molecule has 0 aliphatic carbocycles. The van der Waals surface area contributed by atoms with E-state index >= 15 is 0 Å². The highest BCUT2D eigenvalue weighted by Crippen LogP contribution is 2.38. The molecule has 0 bridgehead atoms. The van der Waals surface area contributed by atoms with E-state index in [9.17, 15) is 4.79 Å². The third-order valence-electron chi connectivity index (χ3n) is 5.36. The lowest BCUT2D eigenvalue weighted by Crippen LogP contribution is -2.19. The molecule has 32 heavy (non-hydrogen) atoms. The fraction of sp³-hybridized carbons (Fsp3) is 0.227. The summed E-state index contributed by atoms with van der Waals surface area (Å²) < 4.78 is 1.71. The van der Waals surface area contributed by atoms with Crippen LogP contribution in [0.2, 0.25) is 5.02 Å². The van der Waals surface area contributed by atoms with Gasteiger partial charge < -0.3 is 10.6 Å². The Balaban J connectivity index is 1.66. The average molecular weight is 466 g/mol. The summed E-state index contributed by atoms with van der Waals surface area (Å²) in [6, 6.07) is 9.52. The molecule has 4 heterocycles. The molecule has 1 aliphatic heterocycles. The Kier molecular flexibility index (Phi) is 5.22. The van der Waals surface area contributed by atoms with E-state index < -0.39 is 0 Å². The monoisotopic (exact) mass is 465 g/mol. The van der Waals surface area contributed by atoms with Gasteiger partial charge in [0.1, 0.15) is 16.4 Å². The number of aromatic nitrogens is 5. The molecule has 1 saturated heterocycles. The molecule has 10 heteroatoms. The molecule has 2 N–H and O–H groups in total. The number of carbonyl (C=O) groups excluding carboxylic acids is 1. The second-order valence-corrected chi connectivity index (χ2v) is 9.43. The zero-order valence-corrected chi connectivity index (χ0v) is 19.1. The lowest BCUT2D eigenvalue weighted by atomic mass is 10.0. The number of hydrogen-bond acceptors (Lipinski definition) is 7. The van der Waals surface area contributed by atoms with Crippen LogP contribution in [0.15, 0.2) is 47.8 Å². The molecule has 162 valence electrons. The number of halogens is 1. The Labute approximate surface area is 193 Å². The summed E-state index contributed by atoms with van der Waals surface area (Å²) in [7, 11) is 3.65. The van der Waals surface area contributed by atoms with E-state index in [-0.39, 0.29) is 11.2 Å². The van der Waals surface area contributed by atoms with E-state index in [0.717, 1.165) is 16.5 Å². The highest BCUT2D eigenvalue weighted by Gasteiger charge is 2.29. The first kappa shape index (κ1) is 20.7. The Bertz CT molecular complexity index is 1360. The van der Waals surface area contributed by atoms with Crippen molar-refractivity contribution in [3.8, 4) is 22.6 Å². The average Bonchev–Trinajstić information content (AvgIpc) is 3.34. The maximum Gasteiger partial charge on any atom is 0.223 e. The predicted molar refractivity (Wildman–Crippen MR) is 126 cm³/mol. The van der Waals surface area contributed by atoms with Crippen LogP contribution in [0, 0.1) is 0 Å². The molecule has 0 radical (unpaired) electrons. The quantitative estimate of drug-likeness (QED) is 0.490. The van der Waals surface area contributed by atoms with Gasteiger partial charge in [0.15, 0.2) is 5.82 Å². The third-order valence-corrected chi connectivity index (χ3v) is 6.82. The summed E-state index contributed by atoms with van der Waals surface area (Å²) in [5, 5.41) is 6.59. The molecule has 0 spiro atoms. The minimum atomic E-state index is 0.0713. The highest BCUT2D eigenvalue weighted by atomic mass is 35.5. The molecular weight excluding hydrogens is 446 g/mol. The van der Waals surface area contributed by atoms with Gasteiger partial charge in [0.05, 0.1) is 16.2 Å². The first-order chi connectivity index (χ1) is 15.4. The SMILES string of the molecule is CN1CC(Sc2nc(-c3cc(Cl)c4ncccc4c3)c(-c3ccn(C)n3)nc2N)CC1=O. The van der Waals surface area contributed by atoms with E-state index in [0.29, 0.717) is 45.9 Å². The molecule has 3 aromatic heterocycles. The van der Waals surface area contributed by atoms with Gasteiger partial charge in [-0.3, -0.25) is 14.5 Å². The summed E-state index contributed by atoms with van der Waals surface area (Å²) in [6.45, 7) is 0.648. The van der Waals surface area contributed by atoms with Crippen LogP contribution in [0.25, 0.3) is 33.5 Å². The van der Waals surface area contributed by atoms with Crippen molar-refractivity contribution < 1.29 is 4.79 Å². The van der Waals surface area contributed by atoms with Crippen molar-refractivity contribution in [2.45, 2.75) is 16.7 Å². The zero-order valence-electron chi connectivity index (χ0n) is 17.5. The maximum absolute atomic E-state index is 12.0. The lowest BCUT2D eigenvalue weighted by molar-refractivity contribution is -0.126. The summed E-state index contributed by atoms with van der Waals surface area (Å²) in [5.41, 5.74) is 9.71. The number of rotatable bonds is 4. The van der Waals surface area contributed by atoms with Crippen molar-refractivity contribution in [2.75, 3.05) is 19.3 Å². The van der Waals surface area contributed by atoms with Gasteiger partial charge in [0.2, 0.25) is 5.91 Å². The Morgan fingerprint density at radius 2 is 2.03 bits per heavy atom. The molecule has 8 nitrogen and oxygen atoms in total. The van der Waals surface area contributed by atoms with Crippen molar-refractivity contribution in [1.29, 1.82) is 0 Å². The summed E-state index contributed by atoms with van der Waals surface area (Å²) in [4.78, 5) is 27.6. The highest BCUT2D eigenvalue weighted by molar-refractivity contribution is 8.00. The van der Waals surface area contributed by atoms with Gasteiger partial charge in [-0.15, -0.1) is 0 Å². The van der Waals surface area contributed by atoms with Gasteiger partial charge in [-0.2, -0.15) is 5.10 Å². The van der Waals surface area contributed by atoms with Gasteiger partial charge in [0.25, 0.3) is 0 Å². The minimum Gasteiger partial charge on any atom is -0.381 e. The van der Waals surface area contributed by atoms with Crippen LogP contribution in [0.1, 0.15) is 6.42 Å². The number of amides is 1. The van der Waals surface area contributed by atoms with Gasteiger partial charge in [-0.1, -0.05) is 29.4 Å². The van der Waals surface area contributed by atoms with Crippen molar-refractivity contribution in [3.05, 3.63) is 47.7 Å². The number of anilines is 1. The van der Waals surface area contributed by atoms with Crippen molar-refractivity contribution in [2.24, 2.45) is 7.05 Å². The molecule has 1 fully saturated rings. The van der Waals surface area contributed by atoms with Gasteiger partial charge >= 0.3 is 0 Å². The molecule has 0 saturated carbocycles. The molecule has 4 aromatic rings. The summed E-state index contributed by atoms with van der Waals surface area (Å²) >= 11 is 8.03. The Hall–Kier alpha value is -3.17. The van der Waals surface area contributed by atoms with Crippen molar-refractivity contribution in [3.63, 3.8) is 0 Å². The van der Waals surface area contributed by atoms with Crippen molar-refractivity contribution in [1.82, 2.24) is 29.6 Å². The number of thioether (sulfide) groups is 1. The second-order valence-electron chi connectivity index (χ2n) is 7.74. The number of nitrogen functional groups attached to an aromatic ring is 1. The number of likely N-dealkylation sites (tertiary alicyclic amines) is 1. The molecule has 1 atom stereocenters. The van der Waals surface area contributed by atoms with Gasteiger partial charge in [-0.25, -0.2) is 9.97 Å². The van der Waals surface area contributed by atoms with Gasteiger partial charge in [0, 0.05) is 55.7 Å². The fourth-order valence-corrected chi connectivity index (χ4v) is 5.21. The number of fused-ring (bicyclic) bond motifs is 1. The van der Waals surface area contributed by atoms with Crippen LogP contribution in [0.3, 0.4) is 0 Å². The van der Waals surface area contributed by atoms with Crippen LogP contribution in [-0.4, -0.2) is 54.4 Å². The standard InChI is InChI=1S/C22H20ClN7OS/c1-29-11-14(10-17(29)31)32-22-21(24)26-20(16-5-7-30(2)28-16)19(27-22)13-8-12-4-3-6-25-18(12)15(23)9-13/h3-9,14H,10-11H2,1-2H3,(H2,24,26). The van der Waals surface area contributed by atoms with E-state index in [1.165, 1.54) is 11.8 Å². The Morgan fingerprint density at radius 1 is 1.19 bits per heavy atom. The Morgan fingerprint density at radius 3 is 2.75 bits per heavy atom. The number of benzene rings is 1. The van der Waals surface area contributed by atoms with Crippen LogP contribution < -0.4 is 5.73 Å². The first-order valence-electron chi connectivity index (χ1n) is 10.0. The summed E-state index contributed by atoms with van der Waals surface area (Å²) in [5.74, 6) is 0.433. The number of pyridine rings is 1. The number of hydrogen-bond donors (Lipinski definition) is 1. The smallest absolute Gasteiger partial charge is 0.223 e. The van der Waals surface area contributed by atoms with Crippen LogP contribution in [0.4, 0.5) is 5.82 Å². The largest absolute Gasteiger partial charge is 0.381 e. The number of aryl methyl sites for hydroxylation is 1. The van der Waals surface area contributed by atoms with Crippen LogP contribution in [0.5, 0.6) is 0 Å². The molecule has 1 aromatic carbocycles. The lowest BCUT2D eigenvalue weighted by Gasteiger charge is -2.14. The first-order valence-corrected chi connectivity index (χ1v) is 11.3. The molecule has 1 unspecified atom stereocenters. The molecular formula is C22H20ClN7OS. The van der Waals surface area contributed by atoms with Crippen LogP contribution >= 0.6 is 23.4 Å². The molecule has 1 amide bonds. The number of nitrogens with zero attached hydrogens (tertiary/aromatic N) is 6. The van der Waals surface area contributed by atoms with Gasteiger partial charge in [-0.05, 0) is 24.3 Å². The normalized spacial score (nSPS) is 16.3.